The standard InChI is InChI=1S/C13H16ClN3/c1-11(12-3-2-4-13(14)9-12)16-6-8-17-7-5-15-10-17/h2-5,7,9-11,16H,6,8H2,1H3. The lowest BCUT2D eigenvalue weighted by Gasteiger charge is -2.14. The van der Waals surface area contributed by atoms with Gasteiger partial charge < -0.3 is 9.88 Å². The normalized spacial score (nSPS) is 12.6. The molecule has 0 amide bonds. The summed E-state index contributed by atoms with van der Waals surface area (Å²) in [6, 6.07) is 8.25. The van der Waals surface area contributed by atoms with Crippen LogP contribution in [0.5, 0.6) is 0 Å². The molecule has 1 N–H and O–H groups in total. The summed E-state index contributed by atoms with van der Waals surface area (Å²) in [6.45, 7) is 3.97. The highest BCUT2D eigenvalue weighted by molar-refractivity contribution is 6.30. The summed E-state index contributed by atoms with van der Waals surface area (Å²) in [4.78, 5) is 4.01. The lowest BCUT2D eigenvalue weighted by molar-refractivity contribution is 0.531. The number of hydrogen-bond donors (Lipinski definition) is 1. The summed E-state index contributed by atoms with van der Waals surface area (Å²) in [5.41, 5.74) is 1.21. The van der Waals surface area contributed by atoms with Gasteiger partial charge in [0.05, 0.1) is 6.33 Å². The van der Waals surface area contributed by atoms with Crippen LogP contribution >= 0.6 is 11.6 Å². The average Bonchev–Trinajstić information content (AvgIpc) is 2.82. The Bertz CT molecular complexity index is 453. The van der Waals surface area contributed by atoms with Crippen LogP contribution in [0, 0.1) is 0 Å². The van der Waals surface area contributed by atoms with Crippen LogP contribution in [0.2, 0.25) is 5.02 Å². The second-order valence-corrected chi connectivity index (χ2v) is 4.47. The SMILES string of the molecule is CC(NCCn1ccnc1)c1cccc(Cl)c1. The van der Waals surface area contributed by atoms with E-state index in [-0.39, 0.29) is 0 Å². The lowest BCUT2D eigenvalue weighted by Crippen LogP contribution is -2.22. The number of nitrogens with one attached hydrogen (secondary N) is 1. The van der Waals surface area contributed by atoms with E-state index in [0.717, 1.165) is 18.1 Å². The monoisotopic (exact) mass is 249 g/mol. The van der Waals surface area contributed by atoms with E-state index in [1.165, 1.54) is 5.56 Å². The molecule has 2 aromatic rings. The molecule has 3 nitrogen and oxygen atoms in total. The van der Waals surface area contributed by atoms with Gasteiger partial charge in [0.25, 0.3) is 0 Å². The van der Waals surface area contributed by atoms with Crippen molar-refractivity contribution in [1.82, 2.24) is 14.9 Å². The van der Waals surface area contributed by atoms with E-state index in [9.17, 15) is 0 Å². The van der Waals surface area contributed by atoms with Gasteiger partial charge in [-0.05, 0) is 24.6 Å². The van der Waals surface area contributed by atoms with Gasteiger partial charge in [0.15, 0.2) is 0 Å². The van der Waals surface area contributed by atoms with E-state index in [2.05, 4.69) is 27.9 Å². The fourth-order valence-electron chi connectivity index (χ4n) is 1.72. The second-order valence-electron chi connectivity index (χ2n) is 4.03. The molecule has 0 bridgehead atoms. The van der Waals surface area contributed by atoms with Crippen LogP contribution in [-0.4, -0.2) is 16.1 Å². The van der Waals surface area contributed by atoms with Gasteiger partial charge in [0, 0.05) is 36.5 Å². The van der Waals surface area contributed by atoms with Gasteiger partial charge in [-0.2, -0.15) is 0 Å². The predicted octanol–water partition coefficient (Wildman–Crippen LogP) is 2.89. The molecule has 0 saturated carbocycles. The quantitative estimate of drug-likeness (QED) is 0.883. The third-order valence-corrected chi connectivity index (χ3v) is 2.96. The molecule has 1 aromatic carbocycles. The molecule has 0 fully saturated rings. The van der Waals surface area contributed by atoms with Crippen molar-refractivity contribution >= 4 is 11.6 Å². The Morgan fingerprint density at radius 3 is 3.06 bits per heavy atom. The minimum atomic E-state index is 0.303. The van der Waals surface area contributed by atoms with Crippen molar-refractivity contribution < 1.29 is 0 Å². The lowest BCUT2D eigenvalue weighted by atomic mass is 10.1. The minimum absolute atomic E-state index is 0.303. The summed E-state index contributed by atoms with van der Waals surface area (Å²) < 4.78 is 2.05. The maximum atomic E-state index is 5.96. The third-order valence-electron chi connectivity index (χ3n) is 2.73. The van der Waals surface area contributed by atoms with E-state index >= 15 is 0 Å². The Morgan fingerprint density at radius 1 is 1.47 bits per heavy atom. The van der Waals surface area contributed by atoms with Gasteiger partial charge in [-0.1, -0.05) is 23.7 Å². The largest absolute Gasteiger partial charge is 0.336 e. The smallest absolute Gasteiger partial charge is 0.0946 e. The molecular formula is C13H16ClN3. The van der Waals surface area contributed by atoms with Gasteiger partial charge >= 0.3 is 0 Å². The molecule has 4 heteroatoms. The zero-order chi connectivity index (χ0) is 12.1. The van der Waals surface area contributed by atoms with Crippen molar-refractivity contribution in [3.8, 4) is 0 Å². The first-order valence-electron chi connectivity index (χ1n) is 5.70. The molecule has 1 aromatic heterocycles. The first-order valence-corrected chi connectivity index (χ1v) is 6.08. The predicted molar refractivity (Wildman–Crippen MR) is 70.1 cm³/mol. The van der Waals surface area contributed by atoms with Crippen LogP contribution < -0.4 is 5.32 Å². The molecule has 0 radical (unpaired) electrons. The molecule has 0 saturated heterocycles. The van der Waals surface area contributed by atoms with E-state index < -0.39 is 0 Å². The molecule has 2 rings (SSSR count). The van der Waals surface area contributed by atoms with Crippen LogP contribution in [0.15, 0.2) is 43.0 Å². The molecular weight excluding hydrogens is 234 g/mol. The maximum absolute atomic E-state index is 5.96. The molecule has 0 aliphatic heterocycles. The Morgan fingerprint density at radius 2 is 2.35 bits per heavy atom. The topological polar surface area (TPSA) is 29.9 Å². The third kappa shape index (κ3) is 3.58. The van der Waals surface area contributed by atoms with Crippen molar-refractivity contribution in [2.45, 2.75) is 19.5 Å². The zero-order valence-electron chi connectivity index (χ0n) is 9.81. The van der Waals surface area contributed by atoms with E-state index in [4.69, 9.17) is 11.6 Å². The molecule has 1 atom stereocenters. The second kappa shape index (κ2) is 5.84. The van der Waals surface area contributed by atoms with Gasteiger partial charge in [0.2, 0.25) is 0 Å². The number of halogens is 1. The van der Waals surface area contributed by atoms with Gasteiger partial charge in [-0.15, -0.1) is 0 Å². The Balaban J connectivity index is 1.83. The van der Waals surface area contributed by atoms with Crippen LogP contribution in [-0.2, 0) is 6.54 Å². The number of rotatable bonds is 5. The van der Waals surface area contributed by atoms with Crippen LogP contribution in [0.4, 0.5) is 0 Å². The Hall–Kier alpha value is -1.32. The average molecular weight is 250 g/mol. The van der Waals surface area contributed by atoms with E-state index in [0.29, 0.717) is 6.04 Å². The summed E-state index contributed by atoms with van der Waals surface area (Å²) in [5, 5.41) is 4.24. The van der Waals surface area contributed by atoms with Gasteiger partial charge in [0.1, 0.15) is 0 Å². The first-order chi connectivity index (χ1) is 8.25. The van der Waals surface area contributed by atoms with Gasteiger partial charge in [-0.3, -0.25) is 0 Å². The number of benzene rings is 1. The number of hydrogen-bond acceptors (Lipinski definition) is 2. The summed E-state index contributed by atoms with van der Waals surface area (Å²) in [5.74, 6) is 0. The maximum Gasteiger partial charge on any atom is 0.0946 e. The Labute approximate surface area is 106 Å². The Kier molecular flexibility index (Phi) is 4.18. The van der Waals surface area contributed by atoms with Crippen molar-refractivity contribution in [2.75, 3.05) is 6.54 Å². The van der Waals surface area contributed by atoms with Crippen LogP contribution in [0.3, 0.4) is 0 Å². The highest BCUT2D eigenvalue weighted by Crippen LogP contribution is 2.16. The number of aromatic nitrogens is 2. The highest BCUT2D eigenvalue weighted by atomic mass is 35.5. The highest BCUT2D eigenvalue weighted by Gasteiger charge is 2.04. The molecule has 90 valence electrons. The van der Waals surface area contributed by atoms with Crippen molar-refractivity contribution in [3.63, 3.8) is 0 Å². The van der Waals surface area contributed by atoms with E-state index in [1.54, 1.807) is 6.20 Å². The van der Waals surface area contributed by atoms with Crippen molar-refractivity contribution in [1.29, 1.82) is 0 Å². The van der Waals surface area contributed by atoms with E-state index in [1.807, 2.05) is 30.7 Å². The molecule has 0 aliphatic rings. The van der Waals surface area contributed by atoms with Crippen LogP contribution in [0.25, 0.3) is 0 Å². The summed E-state index contributed by atoms with van der Waals surface area (Å²) in [6.07, 6.45) is 5.58. The molecule has 1 heterocycles. The molecule has 0 spiro atoms. The summed E-state index contributed by atoms with van der Waals surface area (Å²) >= 11 is 5.96. The fourth-order valence-corrected chi connectivity index (χ4v) is 1.92. The minimum Gasteiger partial charge on any atom is -0.336 e. The zero-order valence-corrected chi connectivity index (χ0v) is 10.6. The first kappa shape index (κ1) is 12.1. The molecule has 0 aliphatic carbocycles. The molecule has 1 unspecified atom stereocenters. The number of imidazole rings is 1. The van der Waals surface area contributed by atoms with Crippen molar-refractivity contribution in [2.24, 2.45) is 0 Å². The summed E-state index contributed by atoms with van der Waals surface area (Å²) in [7, 11) is 0. The molecule has 17 heavy (non-hydrogen) atoms. The number of nitrogens with zero attached hydrogens (tertiary/aromatic N) is 2. The van der Waals surface area contributed by atoms with Crippen molar-refractivity contribution in [3.05, 3.63) is 53.6 Å². The van der Waals surface area contributed by atoms with Crippen LogP contribution in [0.1, 0.15) is 18.5 Å². The fraction of sp³-hybridized carbons (Fsp3) is 0.308. The van der Waals surface area contributed by atoms with Gasteiger partial charge in [-0.25, -0.2) is 4.98 Å².